The number of aromatic amines is 3. The van der Waals surface area contributed by atoms with E-state index in [1.807, 2.05) is 0 Å². The summed E-state index contributed by atoms with van der Waals surface area (Å²) >= 11 is 0.695. The van der Waals surface area contributed by atoms with Gasteiger partial charge < -0.3 is 126 Å². The molecular weight excluding hydrogens is 1750 g/mol. The monoisotopic (exact) mass is 1860 g/mol. The highest BCUT2D eigenvalue weighted by Crippen LogP contribution is 2.25. The van der Waals surface area contributed by atoms with Gasteiger partial charge in [0.25, 0.3) is 0 Å². The van der Waals surface area contributed by atoms with Gasteiger partial charge in [0.2, 0.25) is 94.5 Å². The van der Waals surface area contributed by atoms with E-state index in [0.717, 1.165) is 9.80 Å². The SMILES string of the molecule is CC(C)C[C@@H]1NC(=O)CN(C)C(=O)[C@H](C(C)C)NC(=O)[C@H](CC(=O)O)NC(=O)[C@@H]2CCCN2C(=O)[C@H](Cc2ccccc2)NC(=O)CSC[C@@H](C(=O)NCC(N)=O)NC(=O)[C@H](CC(=O)O)NC(=O)[C@H](Cc2c[nH]c3ccccc23)NC(=O)CNC(=O)[C@H](Cc2c[nH]c3ccccc23)NC(=O)[C@H](Cc2ccc(O)cc2)NC(=O)[C@H](CCCNC(=N)N)NC(=O)[C@H](Cc2c[nH]cn2)NC1=O. The summed E-state index contributed by atoms with van der Waals surface area (Å²) in [6.07, 6.45) is 1.82. The number of hydrogen-bond donors (Lipinski definition) is 23. The summed E-state index contributed by atoms with van der Waals surface area (Å²) in [5, 5.41) is 75.6. The molecule has 0 radical (unpaired) electrons. The van der Waals surface area contributed by atoms with Crippen LogP contribution in [0.15, 0.2) is 128 Å². The lowest BCUT2D eigenvalue weighted by molar-refractivity contribution is -0.144. The molecule has 5 heterocycles. The molecule has 25 N–H and O–H groups in total. The third-order valence-electron chi connectivity index (χ3n) is 21.8. The second-order valence-electron chi connectivity index (χ2n) is 33.1. The topological polar surface area (TPSA) is 679 Å². The minimum absolute atomic E-state index is 0.000538. The Morgan fingerprint density at radius 3 is 1.61 bits per heavy atom. The molecule has 16 amide bonds. The average molecular weight is 1860 g/mol. The molecule has 7 aromatic rings. The number of aromatic hydroxyl groups is 1. The van der Waals surface area contributed by atoms with Gasteiger partial charge in [-0.15, -0.1) is 11.8 Å². The van der Waals surface area contributed by atoms with Crippen molar-refractivity contribution in [3.8, 4) is 5.75 Å². The smallest absolute Gasteiger partial charge is 0.305 e. The summed E-state index contributed by atoms with van der Waals surface area (Å²) in [4.78, 5) is 273. The van der Waals surface area contributed by atoms with Crippen molar-refractivity contribution in [3.63, 3.8) is 0 Å². The number of phenolic OH excluding ortho intramolecular Hbond substituents is 1. The molecule has 2 fully saturated rings. The van der Waals surface area contributed by atoms with Crippen molar-refractivity contribution >= 4 is 146 Å². The molecule has 712 valence electrons. The van der Waals surface area contributed by atoms with Crippen molar-refractivity contribution in [1.82, 2.24) is 104 Å². The first-order chi connectivity index (χ1) is 63.4. The van der Waals surface area contributed by atoms with Gasteiger partial charge in [0, 0.05) is 98.4 Å². The average Bonchev–Trinajstić information content (AvgIpc) is 1.66. The molecule has 9 rings (SSSR count). The lowest BCUT2D eigenvalue weighted by Crippen LogP contribution is -2.60. The van der Waals surface area contributed by atoms with Crippen molar-refractivity contribution in [2.45, 2.75) is 177 Å². The number of carbonyl (C=O) groups excluding carboxylic acids is 16. The number of thioether (sulfide) groups is 1. The van der Waals surface area contributed by atoms with Gasteiger partial charge in [-0.1, -0.05) is 107 Å². The number of imidazole rings is 1. The van der Waals surface area contributed by atoms with Crippen molar-refractivity contribution < 1.29 is 102 Å². The van der Waals surface area contributed by atoms with Gasteiger partial charge in [-0.05, 0) is 90.5 Å². The lowest BCUT2D eigenvalue weighted by atomic mass is 10.0. The number of primary amides is 1. The Labute approximate surface area is 767 Å². The standard InChI is InChI=1S/C88H113N23O21S/c1-46(2)29-59-79(124)105-63(34-52-39-92-45-98-52)82(127)102-58(21-13-27-93-88(90)91)78(123)103-60(30-49-23-25-53(112)26-24-49)80(125)104-61(32-50-37-94-56-19-11-9-17-54(50)56)76(121)97-41-70(114)99-62(33-51-38-95-57-20-12-10-18-55(51)57)81(126)106-64(35-73(117)118)83(128)108-67(77(122)96-40-69(89)113)43-133-44-72(116)101-66(31-48-15-7-6-8-16-48)86(131)111-28-14-22-68(111)85(130)107-65(36-74(119)120)84(129)109-75(47(3)4)87(132)110(5)42-71(115)100-59/h6-12,15-20,23-26,37-39,45-47,58-68,75,94-95,112H,13-14,21-22,27-36,40-44H2,1-5H3,(H2,89,113)(H,92,98)(H,96,122)(H,97,121)(H,99,114)(H,100,115)(H,101,116)(H,102,127)(H,103,123)(H,104,125)(H,105,124)(H,106,126)(H,107,130)(H,108,128)(H,109,129)(H,117,118)(H,119,120)(H4,90,91,93)/t58-,59-,60-,61-,62-,63-,64-,65-,66-,67-,68-,75-/m0/s1. The fourth-order valence-electron chi connectivity index (χ4n) is 15.1. The number of guanidine groups is 1. The molecule has 4 aromatic carbocycles. The second kappa shape index (κ2) is 49.2. The molecule has 133 heavy (non-hydrogen) atoms. The van der Waals surface area contributed by atoms with Crippen LogP contribution in [0, 0.1) is 17.2 Å². The summed E-state index contributed by atoms with van der Waals surface area (Å²) in [6, 6.07) is 7.71. The number of carbonyl (C=O) groups is 18. The van der Waals surface area contributed by atoms with Crippen LogP contribution in [0.3, 0.4) is 0 Å². The van der Waals surface area contributed by atoms with E-state index in [2.05, 4.69) is 94.4 Å². The quantitative estimate of drug-likeness (QED) is 0.0161. The number of H-pyrrole nitrogens is 3. The third kappa shape index (κ3) is 31.1. The van der Waals surface area contributed by atoms with E-state index >= 15 is 19.2 Å². The molecule has 12 atom stereocenters. The minimum Gasteiger partial charge on any atom is -0.508 e. The Morgan fingerprint density at radius 1 is 0.534 bits per heavy atom. The van der Waals surface area contributed by atoms with E-state index < -0.39 is 235 Å². The molecular formula is C88H113N23O21S. The van der Waals surface area contributed by atoms with Crippen LogP contribution in [-0.2, 0) is 118 Å². The fourth-order valence-corrected chi connectivity index (χ4v) is 16.0. The molecule has 0 aliphatic carbocycles. The number of aliphatic carboxylic acids is 2. The van der Waals surface area contributed by atoms with Crippen molar-refractivity contribution in [2.24, 2.45) is 23.3 Å². The molecule has 45 heteroatoms. The van der Waals surface area contributed by atoms with Crippen LogP contribution in [0.2, 0.25) is 0 Å². The van der Waals surface area contributed by atoms with Gasteiger partial charge in [0.15, 0.2) is 5.96 Å². The normalized spacial score (nSPS) is 22.6. The summed E-state index contributed by atoms with van der Waals surface area (Å²) < 4.78 is 0. The van der Waals surface area contributed by atoms with Gasteiger partial charge in [-0.2, -0.15) is 0 Å². The van der Waals surface area contributed by atoms with Crippen molar-refractivity contribution in [2.75, 3.05) is 51.3 Å². The van der Waals surface area contributed by atoms with Gasteiger partial charge >= 0.3 is 11.9 Å². The van der Waals surface area contributed by atoms with Gasteiger partial charge in [0.1, 0.15) is 78.3 Å². The number of nitrogens with one attached hydrogen (secondary N) is 18. The highest BCUT2D eigenvalue weighted by Gasteiger charge is 2.43. The molecule has 0 spiro atoms. The van der Waals surface area contributed by atoms with E-state index in [9.17, 15) is 82.4 Å². The highest BCUT2D eigenvalue weighted by atomic mass is 32.2. The van der Waals surface area contributed by atoms with E-state index in [1.54, 1.807) is 98.9 Å². The predicted molar refractivity (Wildman–Crippen MR) is 482 cm³/mol. The van der Waals surface area contributed by atoms with E-state index in [-0.39, 0.29) is 94.7 Å². The number of nitrogens with zero attached hydrogens (tertiary/aromatic N) is 3. The summed E-state index contributed by atoms with van der Waals surface area (Å²) in [5.74, 6) is -22.5. The number of amides is 16. The number of likely N-dealkylation sites (N-methyl/N-ethyl adjacent to an activating group) is 1. The van der Waals surface area contributed by atoms with Crippen LogP contribution < -0.4 is 85.9 Å². The number of carboxylic acids is 2. The van der Waals surface area contributed by atoms with Crippen molar-refractivity contribution in [3.05, 3.63) is 156 Å². The van der Waals surface area contributed by atoms with Gasteiger partial charge in [0.05, 0.1) is 50.3 Å². The summed E-state index contributed by atoms with van der Waals surface area (Å²) in [6.45, 7) is 3.88. The van der Waals surface area contributed by atoms with Gasteiger partial charge in [-0.3, -0.25) is 91.7 Å². The van der Waals surface area contributed by atoms with Gasteiger partial charge in [-0.25, -0.2) is 4.98 Å². The number of benzene rings is 4. The highest BCUT2D eigenvalue weighted by molar-refractivity contribution is 8.00. The molecule has 44 nitrogen and oxygen atoms in total. The number of hydrogen-bond acceptors (Lipinski definition) is 22. The number of rotatable bonds is 24. The summed E-state index contributed by atoms with van der Waals surface area (Å²) in [7, 11) is 1.21. The number of aromatic nitrogens is 4. The fraction of sp³-hybridized carbons (Fsp3) is 0.432. The van der Waals surface area contributed by atoms with Crippen LogP contribution in [0.4, 0.5) is 0 Å². The van der Waals surface area contributed by atoms with E-state index in [1.165, 1.54) is 63.9 Å². The molecule has 3 aromatic heterocycles. The molecule has 0 saturated carbocycles. The van der Waals surface area contributed by atoms with Crippen LogP contribution in [-0.4, -0.2) is 281 Å². The number of nitrogens with two attached hydrogens (primary N) is 2. The molecule has 2 aliphatic rings. The summed E-state index contributed by atoms with van der Waals surface area (Å²) in [5.41, 5.74) is 14.1. The Kier molecular flexibility index (Phi) is 37.6. The molecule has 2 saturated heterocycles. The molecule has 0 unspecified atom stereocenters. The zero-order valence-electron chi connectivity index (χ0n) is 73.7. The van der Waals surface area contributed by atoms with E-state index in [4.69, 9.17) is 16.9 Å². The first-order valence-corrected chi connectivity index (χ1v) is 44.2. The van der Waals surface area contributed by atoms with Crippen LogP contribution in [0.1, 0.15) is 101 Å². The number of para-hydroxylation sites is 2. The third-order valence-corrected chi connectivity index (χ3v) is 22.9. The molecule has 0 bridgehead atoms. The number of fused-ring (bicyclic) bond motifs is 3. The Morgan fingerprint density at radius 2 is 1.04 bits per heavy atom. The van der Waals surface area contributed by atoms with Crippen LogP contribution >= 0.6 is 11.8 Å². The van der Waals surface area contributed by atoms with Crippen LogP contribution in [0.25, 0.3) is 21.8 Å². The first kappa shape index (κ1) is 102. The second-order valence-corrected chi connectivity index (χ2v) is 34.1. The zero-order chi connectivity index (χ0) is 96.7. The largest absolute Gasteiger partial charge is 0.508 e. The zero-order valence-corrected chi connectivity index (χ0v) is 74.6. The Hall–Kier alpha value is -15.0. The lowest BCUT2D eigenvalue weighted by Gasteiger charge is -2.31. The number of carboxylic acid groups (broad SMARTS) is 2. The Bertz CT molecular complexity index is 5360. The minimum atomic E-state index is -2.08. The van der Waals surface area contributed by atoms with E-state index in [0.29, 0.717) is 55.8 Å². The number of phenols is 1. The molecule has 2 aliphatic heterocycles. The maximum atomic E-state index is 15.4. The maximum Gasteiger partial charge on any atom is 0.305 e. The van der Waals surface area contributed by atoms with Crippen molar-refractivity contribution in [1.29, 1.82) is 5.41 Å². The predicted octanol–water partition coefficient (Wildman–Crippen LogP) is -3.25. The first-order valence-electron chi connectivity index (χ1n) is 43.1. The maximum absolute atomic E-state index is 15.4. The van der Waals surface area contributed by atoms with Crippen LogP contribution in [0.5, 0.6) is 5.75 Å². The Balaban J connectivity index is 1.08.